The van der Waals surface area contributed by atoms with E-state index in [2.05, 4.69) is 0 Å². The van der Waals surface area contributed by atoms with Crippen molar-refractivity contribution in [1.82, 2.24) is 4.90 Å². The van der Waals surface area contributed by atoms with Gasteiger partial charge in [-0.1, -0.05) is 25.0 Å². The number of benzene rings is 1. The molecule has 2 aliphatic rings. The minimum Gasteiger partial charge on any atom is -0.491 e. The molecule has 2 fully saturated rings. The summed E-state index contributed by atoms with van der Waals surface area (Å²) in [5.41, 5.74) is 0.863. The van der Waals surface area contributed by atoms with E-state index in [0.29, 0.717) is 24.0 Å². The number of hydrogen-bond donors (Lipinski definition) is 2. The highest BCUT2D eigenvalue weighted by molar-refractivity contribution is 5.82. The summed E-state index contributed by atoms with van der Waals surface area (Å²) in [4.78, 5) is 26.3. The van der Waals surface area contributed by atoms with Crippen molar-refractivity contribution in [3.05, 3.63) is 29.8 Å². The molecule has 6 nitrogen and oxygen atoms in total. The van der Waals surface area contributed by atoms with Crippen LogP contribution in [0.5, 0.6) is 5.75 Å². The lowest BCUT2D eigenvalue weighted by Crippen LogP contribution is -2.33. The van der Waals surface area contributed by atoms with Crippen molar-refractivity contribution in [2.75, 3.05) is 26.3 Å². The van der Waals surface area contributed by atoms with Crippen molar-refractivity contribution in [3.8, 4) is 5.75 Å². The molecule has 2 N–H and O–H groups in total. The average Bonchev–Trinajstić information content (AvgIpc) is 3.11. The van der Waals surface area contributed by atoms with E-state index >= 15 is 0 Å². The molecule has 1 heterocycles. The van der Waals surface area contributed by atoms with E-state index < -0.39 is 11.9 Å². The van der Waals surface area contributed by atoms with Crippen LogP contribution in [-0.2, 0) is 16.0 Å². The van der Waals surface area contributed by atoms with Crippen LogP contribution in [0.25, 0.3) is 0 Å². The Morgan fingerprint density at radius 1 is 1.11 bits per heavy atom. The summed E-state index contributed by atoms with van der Waals surface area (Å²) in [6.45, 7) is 1.77. The fourth-order valence-corrected chi connectivity index (χ4v) is 4.37. The van der Waals surface area contributed by atoms with E-state index in [1.165, 1.54) is 25.7 Å². The van der Waals surface area contributed by atoms with Gasteiger partial charge in [0.15, 0.2) is 0 Å². The Balaban J connectivity index is 1.55. The van der Waals surface area contributed by atoms with Crippen LogP contribution in [0.2, 0.25) is 0 Å². The largest absolute Gasteiger partial charge is 0.491 e. The molecule has 3 atom stereocenters. The normalized spacial score (nSPS) is 22.9. The highest BCUT2D eigenvalue weighted by Gasteiger charge is 2.37. The predicted molar refractivity (Wildman–Crippen MR) is 100 cm³/mol. The van der Waals surface area contributed by atoms with Gasteiger partial charge in [0.05, 0.1) is 12.5 Å². The average molecular weight is 375 g/mol. The lowest BCUT2D eigenvalue weighted by Gasteiger charge is -2.22. The van der Waals surface area contributed by atoms with Gasteiger partial charge < -0.3 is 19.8 Å². The fraction of sp³-hybridized carbons (Fsp3) is 0.619. The van der Waals surface area contributed by atoms with Gasteiger partial charge in [-0.2, -0.15) is 0 Å². The third-order valence-corrected chi connectivity index (χ3v) is 5.86. The van der Waals surface area contributed by atoms with E-state index in [1.54, 1.807) is 12.1 Å². The molecule has 6 heteroatoms. The Hall–Kier alpha value is -2.08. The zero-order chi connectivity index (χ0) is 19.2. The van der Waals surface area contributed by atoms with E-state index in [4.69, 9.17) is 9.84 Å². The van der Waals surface area contributed by atoms with Crippen LogP contribution in [0.3, 0.4) is 0 Å². The number of aliphatic hydroxyl groups is 1. The quantitative estimate of drug-likeness (QED) is 0.728. The summed E-state index contributed by atoms with van der Waals surface area (Å²) in [5, 5.41) is 18.4. The smallest absolute Gasteiger partial charge is 0.307 e. The van der Waals surface area contributed by atoms with E-state index in [0.717, 1.165) is 18.7 Å². The molecule has 1 aromatic carbocycles. The van der Waals surface area contributed by atoms with E-state index in [1.807, 2.05) is 17.0 Å². The van der Waals surface area contributed by atoms with Crippen molar-refractivity contribution in [3.63, 3.8) is 0 Å². The van der Waals surface area contributed by atoms with Gasteiger partial charge in [0.25, 0.3) is 0 Å². The Labute approximate surface area is 160 Å². The number of carbonyl (C=O) groups excluding carboxylic acids is 1. The maximum absolute atomic E-state index is 12.7. The van der Waals surface area contributed by atoms with Crippen molar-refractivity contribution < 1.29 is 24.5 Å². The number of hydrogen-bond acceptors (Lipinski definition) is 4. The maximum atomic E-state index is 12.7. The molecule has 1 saturated heterocycles. The van der Waals surface area contributed by atoms with Crippen molar-refractivity contribution >= 4 is 11.9 Å². The lowest BCUT2D eigenvalue weighted by molar-refractivity contribution is -0.145. The molecule has 0 bridgehead atoms. The summed E-state index contributed by atoms with van der Waals surface area (Å²) < 4.78 is 5.31. The number of rotatable bonds is 8. The van der Waals surface area contributed by atoms with Crippen molar-refractivity contribution in [2.45, 2.75) is 38.5 Å². The van der Waals surface area contributed by atoms with Crippen LogP contribution in [0.1, 0.15) is 37.7 Å². The molecular weight excluding hydrogens is 346 g/mol. The van der Waals surface area contributed by atoms with Crippen LogP contribution in [0, 0.1) is 17.8 Å². The monoisotopic (exact) mass is 375 g/mol. The second-order valence-corrected chi connectivity index (χ2v) is 7.76. The van der Waals surface area contributed by atoms with Crippen LogP contribution in [0.4, 0.5) is 0 Å². The molecule has 1 amide bonds. The van der Waals surface area contributed by atoms with Gasteiger partial charge in [0.1, 0.15) is 12.4 Å². The van der Waals surface area contributed by atoms with E-state index in [9.17, 15) is 14.7 Å². The number of carboxylic acids is 1. The second-order valence-electron chi connectivity index (χ2n) is 7.76. The number of amides is 1. The fourth-order valence-electron chi connectivity index (χ4n) is 4.37. The lowest BCUT2D eigenvalue weighted by atomic mass is 9.82. The molecule has 27 heavy (non-hydrogen) atoms. The van der Waals surface area contributed by atoms with Gasteiger partial charge in [-0.05, 0) is 48.8 Å². The summed E-state index contributed by atoms with van der Waals surface area (Å²) in [6.07, 6.45) is 5.26. The minimum atomic E-state index is -0.930. The number of aliphatic carboxylic acids is 1. The van der Waals surface area contributed by atoms with Crippen LogP contribution in [0.15, 0.2) is 24.3 Å². The SMILES string of the molecule is O=C(O)[C@H](CC(=O)N1CC2CCCCC2C1)Cc1ccc(OCCO)cc1. The van der Waals surface area contributed by atoms with E-state index in [-0.39, 0.29) is 25.5 Å². The van der Waals surface area contributed by atoms with Gasteiger partial charge in [-0.15, -0.1) is 0 Å². The highest BCUT2D eigenvalue weighted by Crippen LogP contribution is 2.36. The standard InChI is InChI=1S/C21H29NO5/c23-9-10-27-19-7-5-15(6-8-19)11-18(21(25)26)12-20(24)22-13-16-3-1-2-4-17(16)14-22/h5-8,16-18,23H,1-4,9-14H2,(H,25,26)/t16?,17?,18-/m0/s1. The summed E-state index contributed by atoms with van der Waals surface area (Å²) >= 11 is 0. The minimum absolute atomic E-state index is 0.0281. The summed E-state index contributed by atoms with van der Waals surface area (Å²) in [7, 11) is 0. The number of carboxylic acid groups (broad SMARTS) is 1. The van der Waals surface area contributed by atoms with Gasteiger partial charge in [-0.25, -0.2) is 0 Å². The number of ether oxygens (including phenoxy) is 1. The first-order valence-corrected chi connectivity index (χ1v) is 9.90. The second kappa shape index (κ2) is 9.22. The van der Waals surface area contributed by atoms with Crippen molar-refractivity contribution in [1.29, 1.82) is 0 Å². The van der Waals surface area contributed by atoms with Gasteiger partial charge >= 0.3 is 5.97 Å². The molecule has 0 spiro atoms. The van der Waals surface area contributed by atoms with Crippen molar-refractivity contribution in [2.24, 2.45) is 17.8 Å². The predicted octanol–water partition coefficient (Wildman–Crippen LogP) is 2.34. The molecule has 2 unspecified atom stereocenters. The van der Waals surface area contributed by atoms with Crippen LogP contribution < -0.4 is 4.74 Å². The molecule has 1 aliphatic carbocycles. The number of carbonyl (C=O) groups is 2. The topological polar surface area (TPSA) is 87.1 Å². The Kier molecular flexibility index (Phi) is 6.72. The maximum Gasteiger partial charge on any atom is 0.307 e. The number of nitrogens with zero attached hydrogens (tertiary/aromatic N) is 1. The molecular formula is C21H29NO5. The summed E-state index contributed by atoms with van der Waals surface area (Å²) in [6, 6.07) is 7.16. The molecule has 1 aliphatic heterocycles. The first-order valence-electron chi connectivity index (χ1n) is 9.90. The highest BCUT2D eigenvalue weighted by atomic mass is 16.5. The third kappa shape index (κ3) is 5.22. The number of likely N-dealkylation sites (tertiary alicyclic amines) is 1. The molecule has 0 radical (unpaired) electrons. The summed E-state index contributed by atoms with van der Waals surface area (Å²) in [5.74, 6) is 0.176. The molecule has 1 aromatic rings. The van der Waals surface area contributed by atoms with Gasteiger partial charge in [-0.3, -0.25) is 9.59 Å². The van der Waals surface area contributed by atoms with Gasteiger partial charge in [0, 0.05) is 19.5 Å². The first-order chi connectivity index (χ1) is 13.1. The first kappa shape index (κ1) is 19.7. The molecule has 0 aromatic heterocycles. The van der Waals surface area contributed by atoms with Crippen LogP contribution >= 0.6 is 0 Å². The molecule has 1 saturated carbocycles. The zero-order valence-corrected chi connectivity index (χ0v) is 15.7. The number of aliphatic hydroxyl groups excluding tert-OH is 1. The number of fused-ring (bicyclic) bond motifs is 1. The molecule has 148 valence electrons. The third-order valence-electron chi connectivity index (χ3n) is 5.86. The van der Waals surface area contributed by atoms with Gasteiger partial charge in [0.2, 0.25) is 5.91 Å². The Morgan fingerprint density at radius 2 is 1.74 bits per heavy atom. The van der Waals surface area contributed by atoms with Crippen LogP contribution in [-0.4, -0.2) is 53.3 Å². The zero-order valence-electron chi connectivity index (χ0n) is 15.7. The Morgan fingerprint density at radius 3 is 2.30 bits per heavy atom. The molecule has 3 rings (SSSR count). The Bertz CT molecular complexity index is 630.